The van der Waals surface area contributed by atoms with E-state index in [1.54, 1.807) is 0 Å². The molecule has 0 saturated heterocycles. The van der Waals surface area contributed by atoms with Gasteiger partial charge in [-0.3, -0.25) is 0 Å². The molecule has 2 aromatic rings. The molecule has 0 aliphatic heterocycles. The van der Waals surface area contributed by atoms with Crippen molar-refractivity contribution in [1.29, 1.82) is 0 Å². The van der Waals surface area contributed by atoms with Gasteiger partial charge in [-0.05, 0) is 29.8 Å². The van der Waals surface area contributed by atoms with E-state index < -0.39 is 0 Å². The molecule has 0 atom stereocenters. The number of hydrogen-bond donors (Lipinski definition) is 1. The topological polar surface area (TPSA) is 28.2 Å². The molecular formula is C16H20ClN3. The first-order valence-corrected chi connectivity index (χ1v) is 7.18. The third-order valence-electron chi connectivity index (χ3n) is 3.14. The Bertz CT molecular complexity index is 540. The Morgan fingerprint density at radius 1 is 1.20 bits per heavy atom. The Labute approximate surface area is 125 Å². The highest BCUT2D eigenvalue weighted by atomic mass is 35.5. The maximum absolute atomic E-state index is 6.18. The molecule has 0 saturated carbocycles. The molecule has 1 N–H and O–H groups in total. The largest absolute Gasteiger partial charge is 0.355 e. The second kappa shape index (κ2) is 7.27. The standard InChI is InChI=1S/C16H20ClN3/c1-3-18-10-13-8-9-16(19-11-13)20(2)12-14-6-4-5-7-15(14)17/h4-9,11,18H,3,10,12H2,1-2H3. The summed E-state index contributed by atoms with van der Waals surface area (Å²) in [5.74, 6) is 0.949. The highest BCUT2D eigenvalue weighted by molar-refractivity contribution is 6.31. The van der Waals surface area contributed by atoms with Crippen LogP contribution in [-0.4, -0.2) is 18.6 Å². The molecule has 1 heterocycles. The van der Waals surface area contributed by atoms with E-state index in [1.807, 2.05) is 43.6 Å². The Morgan fingerprint density at radius 2 is 2.00 bits per heavy atom. The number of hydrogen-bond acceptors (Lipinski definition) is 3. The van der Waals surface area contributed by atoms with Crippen LogP contribution in [0.15, 0.2) is 42.6 Å². The van der Waals surface area contributed by atoms with Crippen LogP contribution in [0.25, 0.3) is 0 Å². The Balaban J connectivity index is 2.02. The molecule has 106 valence electrons. The van der Waals surface area contributed by atoms with Gasteiger partial charge in [-0.25, -0.2) is 4.98 Å². The maximum Gasteiger partial charge on any atom is 0.128 e. The van der Waals surface area contributed by atoms with Crippen LogP contribution < -0.4 is 10.2 Å². The van der Waals surface area contributed by atoms with Crippen LogP contribution in [0.5, 0.6) is 0 Å². The van der Waals surface area contributed by atoms with E-state index in [0.29, 0.717) is 0 Å². The Morgan fingerprint density at radius 3 is 2.65 bits per heavy atom. The summed E-state index contributed by atoms with van der Waals surface area (Å²) in [5, 5.41) is 4.08. The van der Waals surface area contributed by atoms with Crippen LogP contribution in [-0.2, 0) is 13.1 Å². The quantitative estimate of drug-likeness (QED) is 0.882. The summed E-state index contributed by atoms with van der Waals surface area (Å²) >= 11 is 6.18. The summed E-state index contributed by atoms with van der Waals surface area (Å²) in [6.07, 6.45) is 1.92. The average Bonchev–Trinajstić information content (AvgIpc) is 2.48. The molecule has 4 heteroatoms. The highest BCUT2D eigenvalue weighted by Crippen LogP contribution is 2.19. The summed E-state index contributed by atoms with van der Waals surface area (Å²) in [6.45, 7) is 4.67. The molecule has 0 aliphatic rings. The van der Waals surface area contributed by atoms with E-state index in [1.165, 1.54) is 5.56 Å². The van der Waals surface area contributed by atoms with Gasteiger partial charge in [-0.1, -0.05) is 42.8 Å². The van der Waals surface area contributed by atoms with Gasteiger partial charge in [0.25, 0.3) is 0 Å². The van der Waals surface area contributed by atoms with E-state index in [-0.39, 0.29) is 0 Å². The molecule has 1 aromatic carbocycles. The summed E-state index contributed by atoms with van der Waals surface area (Å²) < 4.78 is 0. The van der Waals surface area contributed by atoms with E-state index >= 15 is 0 Å². The van der Waals surface area contributed by atoms with Crippen LogP contribution in [0, 0.1) is 0 Å². The number of halogens is 1. The Hall–Kier alpha value is -1.58. The van der Waals surface area contributed by atoms with Crippen molar-refractivity contribution in [1.82, 2.24) is 10.3 Å². The fourth-order valence-electron chi connectivity index (χ4n) is 1.98. The Kier molecular flexibility index (Phi) is 5.39. The number of anilines is 1. The predicted molar refractivity (Wildman–Crippen MR) is 85.2 cm³/mol. The first-order chi connectivity index (χ1) is 9.70. The zero-order chi connectivity index (χ0) is 14.4. The van der Waals surface area contributed by atoms with Gasteiger partial charge in [-0.2, -0.15) is 0 Å². The lowest BCUT2D eigenvalue weighted by atomic mass is 10.2. The average molecular weight is 290 g/mol. The van der Waals surface area contributed by atoms with Crippen molar-refractivity contribution in [3.63, 3.8) is 0 Å². The molecule has 1 aromatic heterocycles. The van der Waals surface area contributed by atoms with Gasteiger partial charge in [-0.15, -0.1) is 0 Å². The van der Waals surface area contributed by atoms with Crippen molar-refractivity contribution in [2.75, 3.05) is 18.5 Å². The summed E-state index contributed by atoms with van der Waals surface area (Å²) in [4.78, 5) is 6.60. The minimum absolute atomic E-state index is 0.749. The van der Waals surface area contributed by atoms with Gasteiger partial charge in [0.1, 0.15) is 5.82 Å². The zero-order valence-electron chi connectivity index (χ0n) is 11.9. The molecule has 0 fully saturated rings. The van der Waals surface area contributed by atoms with E-state index in [2.05, 4.69) is 28.2 Å². The zero-order valence-corrected chi connectivity index (χ0v) is 12.7. The van der Waals surface area contributed by atoms with Crippen LogP contribution in [0.4, 0.5) is 5.82 Å². The van der Waals surface area contributed by atoms with Crippen LogP contribution in [0.3, 0.4) is 0 Å². The lowest BCUT2D eigenvalue weighted by Crippen LogP contribution is -2.18. The lowest BCUT2D eigenvalue weighted by molar-refractivity contribution is 0.724. The minimum atomic E-state index is 0.749. The predicted octanol–water partition coefficient (Wildman–Crippen LogP) is 3.48. The summed E-state index contributed by atoms with van der Waals surface area (Å²) in [7, 11) is 2.02. The van der Waals surface area contributed by atoms with Crippen molar-refractivity contribution in [3.05, 3.63) is 58.7 Å². The molecule has 20 heavy (non-hydrogen) atoms. The second-order valence-electron chi connectivity index (χ2n) is 4.75. The molecule has 0 aliphatic carbocycles. The summed E-state index contributed by atoms with van der Waals surface area (Å²) in [6, 6.07) is 12.1. The first-order valence-electron chi connectivity index (χ1n) is 6.81. The summed E-state index contributed by atoms with van der Waals surface area (Å²) in [5.41, 5.74) is 2.30. The highest BCUT2D eigenvalue weighted by Gasteiger charge is 2.06. The van der Waals surface area contributed by atoms with Crippen LogP contribution in [0.2, 0.25) is 5.02 Å². The van der Waals surface area contributed by atoms with Crippen molar-refractivity contribution < 1.29 is 0 Å². The number of nitrogens with one attached hydrogen (secondary N) is 1. The number of pyridine rings is 1. The number of rotatable bonds is 6. The molecule has 3 nitrogen and oxygen atoms in total. The number of nitrogens with zero attached hydrogens (tertiary/aromatic N) is 2. The molecule has 0 spiro atoms. The SMILES string of the molecule is CCNCc1ccc(N(C)Cc2ccccc2Cl)nc1. The van der Waals surface area contributed by atoms with E-state index in [9.17, 15) is 0 Å². The molecule has 2 rings (SSSR count). The van der Waals surface area contributed by atoms with Gasteiger partial charge in [0.2, 0.25) is 0 Å². The van der Waals surface area contributed by atoms with Gasteiger partial charge in [0, 0.05) is 31.4 Å². The smallest absolute Gasteiger partial charge is 0.128 e. The van der Waals surface area contributed by atoms with Crippen LogP contribution >= 0.6 is 11.6 Å². The fraction of sp³-hybridized carbons (Fsp3) is 0.312. The fourth-order valence-corrected chi connectivity index (χ4v) is 2.18. The first kappa shape index (κ1) is 14.8. The normalized spacial score (nSPS) is 10.6. The van der Waals surface area contributed by atoms with E-state index in [0.717, 1.165) is 36.0 Å². The van der Waals surface area contributed by atoms with Gasteiger partial charge in [0.15, 0.2) is 0 Å². The minimum Gasteiger partial charge on any atom is -0.355 e. The molecule has 0 radical (unpaired) electrons. The number of benzene rings is 1. The van der Waals surface area contributed by atoms with Gasteiger partial charge >= 0.3 is 0 Å². The molecular weight excluding hydrogens is 270 g/mol. The molecule has 0 unspecified atom stereocenters. The van der Waals surface area contributed by atoms with Crippen LogP contribution in [0.1, 0.15) is 18.1 Å². The third kappa shape index (κ3) is 3.95. The maximum atomic E-state index is 6.18. The molecule has 0 bridgehead atoms. The van der Waals surface area contributed by atoms with Crippen molar-refractivity contribution in [2.45, 2.75) is 20.0 Å². The monoisotopic (exact) mass is 289 g/mol. The lowest BCUT2D eigenvalue weighted by Gasteiger charge is -2.19. The van der Waals surface area contributed by atoms with Crippen molar-refractivity contribution in [2.24, 2.45) is 0 Å². The second-order valence-corrected chi connectivity index (χ2v) is 5.16. The van der Waals surface area contributed by atoms with Gasteiger partial charge in [0.05, 0.1) is 0 Å². The van der Waals surface area contributed by atoms with Crippen molar-refractivity contribution >= 4 is 17.4 Å². The van der Waals surface area contributed by atoms with Crippen molar-refractivity contribution in [3.8, 4) is 0 Å². The number of aromatic nitrogens is 1. The molecule has 0 amide bonds. The third-order valence-corrected chi connectivity index (χ3v) is 3.51. The van der Waals surface area contributed by atoms with Gasteiger partial charge < -0.3 is 10.2 Å². The van der Waals surface area contributed by atoms with E-state index in [4.69, 9.17) is 11.6 Å².